The van der Waals surface area contributed by atoms with E-state index in [1.165, 1.54) is 16.4 Å². The minimum Gasteiger partial charge on any atom is -0.351 e. The van der Waals surface area contributed by atoms with Crippen molar-refractivity contribution >= 4 is 17.7 Å². The van der Waals surface area contributed by atoms with Gasteiger partial charge >= 0.3 is 0 Å². The van der Waals surface area contributed by atoms with Crippen LogP contribution in [0, 0.1) is 0 Å². The molecule has 3 N–H and O–H groups in total. The second kappa shape index (κ2) is 7.70. The number of benzene rings is 1. The van der Waals surface area contributed by atoms with E-state index < -0.39 is 0 Å². The average molecular weight is 347 g/mol. The first-order valence-corrected chi connectivity index (χ1v) is 8.90. The highest BCUT2D eigenvalue weighted by Crippen LogP contribution is 2.27. The predicted molar refractivity (Wildman–Crippen MR) is 97.1 cm³/mol. The van der Waals surface area contributed by atoms with Crippen molar-refractivity contribution in [2.75, 3.05) is 5.84 Å². The Balaban J connectivity index is 2.01. The second-order valence-corrected chi connectivity index (χ2v) is 7.81. The number of thioether (sulfide) groups is 1. The van der Waals surface area contributed by atoms with Crippen molar-refractivity contribution in [1.29, 1.82) is 0 Å². The summed E-state index contributed by atoms with van der Waals surface area (Å²) in [5, 5.41) is 11.6. The molecule has 0 saturated heterocycles. The van der Waals surface area contributed by atoms with Crippen molar-refractivity contribution in [3.8, 4) is 0 Å². The molecule has 7 heteroatoms. The summed E-state index contributed by atoms with van der Waals surface area (Å²) in [6.45, 7) is 8.57. The molecule has 1 amide bonds. The number of amides is 1. The van der Waals surface area contributed by atoms with Gasteiger partial charge in [0.25, 0.3) is 0 Å². The van der Waals surface area contributed by atoms with Gasteiger partial charge in [0.05, 0.1) is 5.25 Å². The highest BCUT2D eigenvalue weighted by atomic mass is 32.2. The van der Waals surface area contributed by atoms with Gasteiger partial charge in [-0.15, -0.1) is 10.2 Å². The molecule has 24 heavy (non-hydrogen) atoms. The Labute approximate surface area is 147 Å². The maximum absolute atomic E-state index is 12.4. The van der Waals surface area contributed by atoms with E-state index >= 15 is 0 Å². The summed E-state index contributed by atoms with van der Waals surface area (Å²) in [5.74, 6) is 6.77. The van der Waals surface area contributed by atoms with Crippen LogP contribution in [-0.2, 0) is 16.8 Å². The molecule has 1 aromatic heterocycles. The molecule has 1 aromatic carbocycles. The first kappa shape index (κ1) is 18.3. The van der Waals surface area contributed by atoms with Crippen LogP contribution >= 0.6 is 11.8 Å². The maximum Gasteiger partial charge on any atom is 0.233 e. The van der Waals surface area contributed by atoms with E-state index in [9.17, 15) is 4.79 Å². The zero-order chi connectivity index (χ0) is 17.7. The number of carbonyl (C=O) groups is 1. The maximum atomic E-state index is 12.4. The van der Waals surface area contributed by atoms with Gasteiger partial charge in [-0.1, -0.05) is 69.8 Å². The second-order valence-electron chi connectivity index (χ2n) is 6.64. The number of nitrogens with two attached hydrogens (primary N) is 1. The lowest BCUT2D eigenvalue weighted by Crippen LogP contribution is -2.32. The standard InChI is InChI=1S/C17H25N5OS/c1-5-13(14(23)19-11-12-9-7-6-8-10-12)24-16-21-20-15(22(16)18)17(2,3)4/h6-10,13H,5,11,18H2,1-4H3,(H,19,23). The summed E-state index contributed by atoms with van der Waals surface area (Å²) in [6, 6.07) is 9.84. The molecule has 0 bridgehead atoms. The normalized spacial score (nSPS) is 12.8. The Bertz CT molecular complexity index is 678. The van der Waals surface area contributed by atoms with Crippen LogP contribution in [0.5, 0.6) is 0 Å². The first-order valence-electron chi connectivity index (χ1n) is 8.02. The van der Waals surface area contributed by atoms with Crippen LogP contribution in [0.4, 0.5) is 0 Å². The number of hydrogen-bond acceptors (Lipinski definition) is 5. The molecular formula is C17H25N5OS. The van der Waals surface area contributed by atoms with Gasteiger partial charge in [0, 0.05) is 12.0 Å². The van der Waals surface area contributed by atoms with Gasteiger partial charge in [-0.2, -0.15) is 0 Å². The van der Waals surface area contributed by atoms with E-state index in [4.69, 9.17) is 5.84 Å². The molecule has 1 heterocycles. The minimum absolute atomic E-state index is 0.0216. The highest BCUT2D eigenvalue weighted by Gasteiger charge is 2.26. The molecule has 2 rings (SSSR count). The molecule has 6 nitrogen and oxygen atoms in total. The number of aromatic nitrogens is 3. The van der Waals surface area contributed by atoms with Gasteiger partial charge in [0.1, 0.15) is 0 Å². The van der Waals surface area contributed by atoms with E-state index in [1.807, 2.05) is 58.0 Å². The third kappa shape index (κ3) is 4.50. The first-order chi connectivity index (χ1) is 11.3. The summed E-state index contributed by atoms with van der Waals surface area (Å²) >= 11 is 1.35. The van der Waals surface area contributed by atoms with Crippen LogP contribution in [0.2, 0.25) is 0 Å². The zero-order valence-electron chi connectivity index (χ0n) is 14.6. The molecule has 0 fully saturated rings. The monoisotopic (exact) mass is 347 g/mol. The Morgan fingerprint density at radius 1 is 1.29 bits per heavy atom. The Kier molecular flexibility index (Phi) is 5.88. The van der Waals surface area contributed by atoms with Crippen LogP contribution in [0.1, 0.15) is 45.5 Å². The topological polar surface area (TPSA) is 85.8 Å². The lowest BCUT2D eigenvalue weighted by molar-refractivity contribution is -0.120. The van der Waals surface area contributed by atoms with Gasteiger partial charge in [-0.25, -0.2) is 4.68 Å². The fraction of sp³-hybridized carbons (Fsp3) is 0.471. The highest BCUT2D eigenvalue weighted by molar-refractivity contribution is 8.00. The van der Waals surface area contributed by atoms with Crippen LogP contribution in [0.15, 0.2) is 35.5 Å². The molecule has 0 aliphatic rings. The number of nitrogens with zero attached hydrogens (tertiary/aromatic N) is 3. The summed E-state index contributed by atoms with van der Waals surface area (Å²) < 4.78 is 1.48. The van der Waals surface area contributed by atoms with Crippen molar-refractivity contribution in [3.63, 3.8) is 0 Å². The summed E-state index contributed by atoms with van der Waals surface area (Å²) in [7, 11) is 0. The van der Waals surface area contributed by atoms with Crippen LogP contribution in [-0.4, -0.2) is 26.0 Å². The fourth-order valence-electron chi connectivity index (χ4n) is 2.22. The van der Waals surface area contributed by atoms with Crippen molar-refractivity contribution in [3.05, 3.63) is 41.7 Å². The Hall–Kier alpha value is -2.02. The average Bonchev–Trinajstić information content (AvgIpc) is 2.92. The molecular weight excluding hydrogens is 322 g/mol. The van der Waals surface area contributed by atoms with Crippen molar-refractivity contribution < 1.29 is 4.79 Å². The number of hydrogen-bond donors (Lipinski definition) is 2. The lowest BCUT2D eigenvalue weighted by atomic mass is 9.96. The SMILES string of the molecule is CCC(Sc1nnc(C(C)(C)C)n1N)C(=O)NCc1ccccc1. The Morgan fingerprint density at radius 2 is 1.96 bits per heavy atom. The minimum atomic E-state index is -0.256. The van der Waals surface area contributed by atoms with Gasteiger partial charge < -0.3 is 11.2 Å². The predicted octanol–water partition coefficient (Wildman–Crippen LogP) is 2.48. The molecule has 2 aromatic rings. The smallest absolute Gasteiger partial charge is 0.233 e. The van der Waals surface area contributed by atoms with Gasteiger partial charge in [-0.05, 0) is 12.0 Å². The van der Waals surface area contributed by atoms with Crippen molar-refractivity contribution in [2.45, 2.75) is 56.5 Å². The third-order valence-electron chi connectivity index (χ3n) is 3.56. The number of carbonyl (C=O) groups excluding carboxylic acids is 1. The molecule has 130 valence electrons. The van der Waals surface area contributed by atoms with E-state index in [0.717, 1.165) is 5.56 Å². The fourth-order valence-corrected chi connectivity index (χ4v) is 3.12. The van der Waals surface area contributed by atoms with Crippen LogP contribution in [0.25, 0.3) is 0 Å². The van der Waals surface area contributed by atoms with Crippen LogP contribution in [0.3, 0.4) is 0 Å². The molecule has 0 radical (unpaired) electrons. The summed E-state index contributed by atoms with van der Waals surface area (Å²) in [5.41, 5.74) is 0.875. The number of rotatable bonds is 6. The van der Waals surface area contributed by atoms with Gasteiger partial charge in [-0.3, -0.25) is 4.79 Å². The quantitative estimate of drug-likeness (QED) is 0.619. The molecule has 1 atom stereocenters. The van der Waals surface area contributed by atoms with Crippen LogP contribution < -0.4 is 11.2 Å². The third-order valence-corrected chi connectivity index (χ3v) is 4.88. The molecule has 1 unspecified atom stereocenters. The number of nitrogen functional groups attached to an aromatic ring is 1. The van der Waals surface area contributed by atoms with E-state index in [2.05, 4.69) is 15.5 Å². The van der Waals surface area contributed by atoms with Crippen molar-refractivity contribution in [2.24, 2.45) is 0 Å². The molecule has 0 aliphatic heterocycles. The molecule has 0 spiro atoms. The molecule has 0 saturated carbocycles. The lowest BCUT2D eigenvalue weighted by Gasteiger charge is -2.17. The zero-order valence-corrected chi connectivity index (χ0v) is 15.4. The summed E-state index contributed by atoms with van der Waals surface area (Å²) in [6.07, 6.45) is 0.684. The van der Waals surface area contributed by atoms with E-state index in [0.29, 0.717) is 23.9 Å². The largest absolute Gasteiger partial charge is 0.351 e. The van der Waals surface area contributed by atoms with E-state index in [1.54, 1.807) is 0 Å². The summed E-state index contributed by atoms with van der Waals surface area (Å²) in [4.78, 5) is 12.4. The van der Waals surface area contributed by atoms with Gasteiger partial charge in [0.15, 0.2) is 5.82 Å². The number of nitrogens with one attached hydrogen (secondary N) is 1. The van der Waals surface area contributed by atoms with E-state index in [-0.39, 0.29) is 16.6 Å². The van der Waals surface area contributed by atoms with Crippen molar-refractivity contribution in [1.82, 2.24) is 20.2 Å². The van der Waals surface area contributed by atoms with Gasteiger partial charge in [0.2, 0.25) is 11.1 Å². The molecule has 0 aliphatic carbocycles. The Morgan fingerprint density at radius 3 is 2.50 bits per heavy atom.